The Balaban J connectivity index is 1.67. The SMILES string of the molecule is FC(F)(F)c1c(OC[C@H]2C[C@@H]2c2ccc(Cl)cc2)ccnc1Cl. The molecular formula is C16H12Cl2F3NO. The minimum absolute atomic E-state index is 0.184. The first-order valence-electron chi connectivity index (χ1n) is 6.96. The van der Waals surface area contributed by atoms with Crippen LogP contribution >= 0.6 is 23.2 Å². The molecule has 0 bridgehead atoms. The van der Waals surface area contributed by atoms with E-state index >= 15 is 0 Å². The Bertz CT molecular complexity index is 703. The molecule has 0 saturated heterocycles. The minimum atomic E-state index is -4.60. The average Bonchev–Trinajstić information content (AvgIpc) is 3.24. The van der Waals surface area contributed by atoms with Crippen molar-refractivity contribution in [3.05, 3.63) is 57.8 Å². The van der Waals surface area contributed by atoms with Gasteiger partial charge in [0.15, 0.2) is 0 Å². The third-order valence-electron chi connectivity index (χ3n) is 3.82. The van der Waals surface area contributed by atoms with Crippen molar-refractivity contribution < 1.29 is 17.9 Å². The normalized spacial score (nSPS) is 20.4. The lowest BCUT2D eigenvalue weighted by molar-refractivity contribution is -0.139. The van der Waals surface area contributed by atoms with Gasteiger partial charge in [-0.15, -0.1) is 0 Å². The third-order valence-corrected chi connectivity index (χ3v) is 4.36. The molecule has 0 unspecified atom stereocenters. The molecule has 0 radical (unpaired) electrons. The zero-order valence-corrected chi connectivity index (χ0v) is 13.3. The molecule has 1 heterocycles. The quantitative estimate of drug-likeness (QED) is 0.662. The van der Waals surface area contributed by atoms with Gasteiger partial charge >= 0.3 is 6.18 Å². The fourth-order valence-corrected chi connectivity index (χ4v) is 2.93. The van der Waals surface area contributed by atoms with Gasteiger partial charge in [-0.05, 0) is 36.1 Å². The highest BCUT2D eigenvalue weighted by atomic mass is 35.5. The van der Waals surface area contributed by atoms with Crippen LogP contribution in [0.1, 0.15) is 23.5 Å². The van der Waals surface area contributed by atoms with E-state index in [0.29, 0.717) is 10.9 Å². The Kier molecular flexibility index (Phi) is 4.43. The van der Waals surface area contributed by atoms with Gasteiger partial charge in [0.25, 0.3) is 0 Å². The molecule has 1 saturated carbocycles. The lowest BCUT2D eigenvalue weighted by Crippen LogP contribution is -2.12. The summed E-state index contributed by atoms with van der Waals surface area (Å²) in [7, 11) is 0. The monoisotopic (exact) mass is 361 g/mol. The number of hydrogen-bond acceptors (Lipinski definition) is 2. The molecule has 0 amide bonds. The Labute approximate surface area is 141 Å². The topological polar surface area (TPSA) is 22.1 Å². The summed E-state index contributed by atoms with van der Waals surface area (Å²) in [5, 5.41) is 0.0588. The number of aromatic nitrogens is 1. The van der Waals surface area contributed by atoms with Gasteiger partial charge in [-0.3, -0.25) is 0 Å². The second-order valence-corrected chi connectivity index (χ2v) is 6.23. The van der Waals surface area contributed by atoms with Gasteiger partial charge < -0.3 is 4.74 Å². The first-order valence-corrected chi connectivity index (χ1v) is 7.72. The van der Waals surface area contributed by atoms with E-state index in [2.05, 4.69) is 4.98 Å². The number of alkyl halides is 3. The predicted octanol–water partition coefficient (Wildman–Crippen LogP) is 5.59. The molecule has 1 fully saturated rings. The summed E-state index contributed by atoms with van der Waals surface area (Å²) in [6, 6.07) is 8.65. The Hall–Kier alpha value is -1.46. The Morgan fingerprint density at radius 2 is 1.83 bits per heavy atom. The molecule has 1 aromatic heterocycles. The van der Waals surface area contributed by atoms with Crippen molar-refractivity contribution in [2.45, 2.75) is 18.5 Å². The number of ether oxygens (including phenoxy) is 1. The van der Waals surface area contributed by atoms with Crippen LogP contribution in [-0.2, 0) is 6.18 Å². The molecule has 2 atom stereocenters. The molecule has 1 aromatic carbocycles. The summed E-state index contributed by atoms with van der Waals surface area (Å²) in [6.45, 7) is 0.205. The largest absolute Gasteiger partial charge is 0.492 e. The Morgan fingerprint density at radius 1 is 1.13 bits per heavy atom. The zero-order chi connectivity index (χ0) is 16.6. The van der Waals surface area contributed by atoms with E-state index in [-0.39, 0.29) is 18.3 Å². The lowest BCUT2D eigenvalue weighted by Gasteiger charge is -2.14. The van der Waals surface area contributed by atoms with E-state index in [1.165, 1.54) is 12.3 Å². The van der Waals surface area contributed by atoms with E-state index < -0.39 is 16.9 Å². The highest BCUT2D eigenvalue weighted by molar-refractivity contribution is 6.30. The number of benzene rings is 1. The molecular weight excluding hydrogens is 350 g/mol. The highest BCUT2D eigenvalue weighted by Gasteiger charge is 2.41. The first kappa shape index (κ1) is 16.4. The summed E-state index contributed by atoms with van der Waals surface area (Å²) < 4.78 is 44.4. The van der Waals surface area contributed by atoms with Gasteiger partial charge in [0, 0.05) is 17.1 Å². The fraction of sp³-hybridized carbons (Fsp3) is 0.312. The number of pyridine rings is 1. The van der Waals surface area contributed by atoms with Gasteiger partial charge in [0.2, 0.25) is 0 Å². The molecule has 122 valence electrons. The fourth-order valence-electron chi connectivity index (χ4n) is 2.54. The summed E-state index contributed by atoms with van der Waals surface area (Å²) in [5.74, 6) is 0.197. The number of nitrogens with zero attached hydrogens (tertiary/aromatic N) is 1. The molecule has 0 spiro atoms. The molecule has 1 aliphatic rings. The van der Waals surface area contributed by atoms with Crippen LogP contribution in [0.2, 0.25) is 10.2 Å². The summed E-state index contributed by atoms with van der Waals surface area (Å²) >= 11 is 11.4. The van der Waals surface area contributed by atoms with E-state index in [1.807, 2.05) is 12.1 Å². The van der Waals surface area contributed by atoms with Gasteiger partial charge in [-0.25, -0.2) is 4.98 Å². The molecule has 0 aliphatic heterocycles. The van der Waals surface area contributed by atoms with Crippen molar-refractivity contribution in [2.24, 2.45) is 5.92 Å². The van der Waals surface area contributed by atoms with Crippen LogP contribution in [0.5, 0.6) is 5.75 Å². The van der Waals surface area contributed by atoms with Crippen molar-refractivity contribution in [2.75, 3.05) is 6.61 Å². The molecule has 0 N–H and O–H groups in total. The van der Waals surface area contributed by atoms with Crippen LogP contribution in [0.15, 0.2) is 36.5 Å². The maximum Gasteiger partial charge on any atom is 0.422 e. The molecule has 7 heteroatoms. The maximum atomic E-state index is 13.0. The lowest BCUT2D eigenvalue weighted by atomic mass is 10.1. The zero-order valence-electron chi connectivity index (χ0n) is 11.8. The molecule has 2 aromatic rings. The highest BCUT2D eigenvalue weighted by Crippen LogP contribution is 2.48. The number of hydrogen-bond donors (Lipinski definition) is 0. The number of rotatable bonds is 4. The van der Waals surface area contributed by atoms with Crippen LogP contribution in [0.3, 0.4) is 0 Å². The summed E-state index contributed by atoms with van der Waals surface area (Å²) in [5.41, 5.74) is 0.0946. The van der Waals surface area contributed by atoms with E-state index in [4.69, 9.17) is 27.9 Å². The minimum Gasteiger partial charge on any atom is -0.492 e. The summed E-state index contributed by atoms with van der Waals surface area (Å²) in [4.78, 5) is 3.47. The van der Waals surface area contributed by atoms with Gasteiger partial charge in [0.1, 0.15) is 16.5 Å². The van der Waals surface area contributed by atoms with E-state index in [9.17, 15) is 13.2 Å². The van der Waals surface area contributed by atoms with E-state index in [1.54, 1.807) is 12.1 Å². The van der Waals surface area contributed by atoms with Crippen molar-refractivity contribution in [3.63, 3.8) is 0 Å². The number of halogens is 5. The van der Waals surface area contributed by atoms with Gasteiger partial charge in [-0.2, -0.15) is 13.2 Å². The maximum absolute atomic E-state index is 13.0. The molecule has 3 rings (SSSR count). The van der Waals surface area contributed by atoms with Crippen molar-refractivity contribution >= 4 is 23.2 Å². The second kappa shape index (κ2) is 6.21. The van der Waals surface area contributed by atoms with Gasteiger partial charge in [0.05, 0.1) is 6.61 Å². The van der Waals surface area contributed by atoms with E-state index in [0.717, 1.165) is 12.0 Å². The van der Waals surface area contributed by atoms with Crippen LogP contribution in [-0.4, -0.2) is 11.6 Å². The second-order valence-electron chi connectivity index (χ2n) is 5.44. The van der Waals surface area contributed by atoms with Crippen LogP contribution in [0, 0.1) is 5.92 Å². The average molecular weight is 362 g/mol. The molecule has 2 nitrogen and oxygen atoms in total. The van der Waals surface area contributed by atoms with Crippen molar-refractivity contribution in [1.29, 1.82) is 0 Å². The van der Waals surface area contributed by atoms with Crippen LogP contribution in [0.25, 0.3) is 0 Å². The first-order chi connectivity index (χ1) is 10.9. The van der Waals surface area contributed by atoms with Crippen LogP contribution < -0.4 is 4.74 Å². The van der Waals surface area contributed by atoms with Crippen molar-refractivity contribution in [1.82, 2.24) is 4.98 Å². The third kappa shape index (κ3) is 3.72. The standard InChI is InChI=1S/C16H12Cl2F3NO/c17-11-3-1-9(2-4-11)12-7-10(12)8-23-13-5-6-22-15(18)14(13)16(19,20)21/h1-6,10,12H,7-8H2/t10-,12-/m1/s1. The van der Waals surface area contributed by atoms with Gasteiger partial charge in [-0.1, -0.05) is 35.3 Å². The van der Waals surface area contributed by atoms with Crippen LogP contribution in [0.4, 0.5) is 13.2 Å². The van der Waals surface area contributed by atoms with Crippen molar-refractivity contribution in [3.8, 4) is 5.75 Å². The predicted molar refractivity (Wildman–Crippen MR) is 82.0 cm³/mol. The summed E-state index contributed by atoms with van der Waals surface area (Å²) in [6.07, 6.45) is -2.52. The smallest absolute Gasteiger partial charge is 0.422 e. The Morgan fingerprint density at radius 3 is 2.48 bits per heavy atom. The molecule has 23 heavy (non-hydrogen) atoms. The molecule has 1 aliphatic carbocycles.